The zero-order chi connectivity index (χ0) is 25.2. The number of imidazole rings is 1. The van der Waals surface area contributed by atoms with Crippen molar-refractivity contribution in [2.24, 2.45) is 0 Å². The van der Waals surface area contributed by atoms with E-state index in [1.165, 1.54) is 0 Å². The van der Waals surface area contributed by atoms with Gasteiger partial charge < -0.3 is 24.9 Å². The Bertz CT molecular complexity index is 1590. The van der Waals surface area contributed by atoms with E-state index in [4.69, 9.17) is 9.47 Å². The Hall–Kier alpha value is -4.85. The minimum absolute atomic E-state index is 0.0774. The lowest BCUT2D eigenvalue weighted by Crippen LogP contribution is -2.12. The predicted octanol–water partition coefficient (Wildman–Crippen LogP) is 5.58. The second-order valence-corrected chi connectivity index (χ2v) is 8.24. The molecule has 5 aromatic rings. The van der Waals surface area contributed by atoms with E-state index < -0.39 is 0 Å². The van der Waals surface area contributed by atoms with Crippen LogP contribution in [0.2, 0.25) is 0 Å². The number of nitrogens with zero attached hydrogens (tertiary/aromatic N) is 2. The average molecular weight is 481 g/mol. The minimum Gasteiger partial charge on any atom is -0.507 e. The van der Waals surface area contributed by atoms with Gasteiger partial charge in [-0.25, -0.2) is 9.97 Å². The summed E-state index contributed by atoms with van der Waals surface area (Å²) in [6.45, 7) is 1.91. The van der Waals surface area contributed by atoms with Crippen molar-refractivity contribution < 1.29 is 19.4 Å². The molecule has 36 heavy (non-hydrogen) atoms. The van der Waals surface area contributed by atoms with Gasteiger partial charge in [-0.2, -0.15) is 0 Å². The fourth-order valence-corrected chi connectivity index (χ4v) is 4.04. The summed E-state index contributed by atoms with van der Waals surface area (Å²) in [5.74, 6) is 1.53. The first-order chi connectivity index (χ1) is 17.5. The number of methoxy groups -OCH3 is 2. The highest BCUT2D eigenvalue weighted by Crippen LogP contribution is 2.35. The van der Waals surface area contributed by atoms with Gasteiger partial charge in [-0.1, -0.05) is 6.07 Å². The van der Waals surface area contributed by atoms with Gasteiger partial charge in [-0.15, -0.1) is 0 Å². The molecular formula is C28H24N4O4. The van der Waals surface area contributed by atoms with E-state index in [0.29, 0.717) is 34.0 Å². The van der Waals surface area contributed by atoms with Crippen LogP contribution in [0.1, 0.15) is 15.9 Å². The van der Waals surface area contributed by atoms with E-state index in [-0.39, 0.29) is 11.7 Å². The van der Waals surface area contributed by atoms with Gasteiger partial charge in [0.1, 0.15) is 17.3 Å². The number of aromatic amines is 1. The quantitative estimate of drug-likeness (QED) is 0.293. The number of aryl methyl sites for hydroxylation is 1. The molecular weight excluding hydrogens is 456 g/mol. The van der Waals surface area contributed by atoms with E-state index in [1.54, 1.807) is 56.8 Å². The third kappa shape index (κ3) is 4.32. The molecule has 0 aliphatic heterocycles. The van der Waals surface area contributed by atoms with Crippen molar-refractivity contribution in [2.45, 2.75) is 6.92 Å². The number of carbonyl (C=O) groups excluding carboxylic acids is 1. The molecule has 0 aliphatic carbocycles. The number of nitrogens with one attached hydrogen (secondary N) is 2. The zero-order valence-electron chi connectivity index (χ0n) is 20.0. The topological polar surface area (TPSA) is 109 Å². The second kappa shape index (κ2) is 9.42. The monoisotopic (exact) mass is 480 g/mol. The maximum absolute atomic E-state index is 12.9. The van der Waals surface area contributed by atoms with Crippen molar-refractivity contribution in [3.63, 3.8) is 0 Å². The molecule has 8 heteroatoms. The van der Waals surface area contributed by atoms with Crippen LogP contribution in [0.5, 0.6) is 17.4 Å². The fraction of sp³-hybridized carbons (Fsp3) is 0.107. The normalized spacial score (nSPS) is 10.9. The molecule has 0 saturated heterocycles. The van der Waals surface area contributed by atoms with Crippen LogP contribution in [0.4, 0.5) is 5.69 Å². The lowest BCUT2D eigenvalue weighted by Gasteiger charge is -2.10. The number of aromatic nitrogens is 3. The van der Waals surface area contributed by atoms with Gasteiger partial charge in [0.2, 0.25) is 5.88 Å². The zero-order valence-corrected chi connectivity index (χ0v) is 20.0. The van der Waals surface area contributed by atoms with Crippen molar-refractivity contribution in [3.8, 4) is 39.9 Å². The SMILES string of the molecule is COc1ccc(NC(=O)c2ccc3[nH]c(-c4cc(-c5cccnc5OC)ccc4O)nc3c2)c(C)c1. The number of benzene rings is 3. The largest absolute Gasteiger partial charge is 0.507 e. The number of fused-ring (bicyclic) bond motifs is 1. The van der Waals surface area contributed by atoms with Crippen LogP contribution in [0.25, 0.3) is 33.5 Å². The van der Waals surface area contributed by atoms with E-state index in [1.807, 2.05) is 37.3 Å². The Balaban J connectivity index is 1.46. The summed E-state index contributed by atoms with van der Waals surface area (Å²) in [4.78, 5) is 25.1. The molecule has 2 aromatic heterocycles. The fourth-order valence-electron chi connectivity index (χ4n) is 4.04. The number of ether oxygens (including phenoxy) is 2. The Morgan fingerprint density at radius 2 is 1.83 bits per heavy atom. The summed E-state index contributed by atoms with van der Waals surface area (Å²) in [6.07, 6.45) is 1.66. The first kappa shape index (κ1) is 22.9. The van der Waals surface area contributed by atoms with Crippen molar-refractivity contribution in [1.29, 1.82) is 0 Å². The van der Waals surface area contributed by atoms with Crippen molar-refractivity contribution in [2.75, 3.05) is 19.5 Å². The lowest BCUT2D eigenvalue weighted by molar-refractivity contribution is 0.102. The Labute approximate surface area is 207 Å². The van der Waals surface area contributed by atoms with Crippen LogP contribution in [0.3, 0.4) is 0 Å². The predicted molar refractivity (Wildman–Crippen MR) is 139 cm³/mol. The van der Waals surface area contributed by atoms with Crippen molar-refractivity contribution >= 4 is 22.6 Å². The minimum atomic E-state index is -0.247. The summed E-state index contributed by atoms with van der Waals surface area (Å²) >= 11 is 0. The molecule has 5 rings (SSSR count). The third-order valence-corrected chi connectivity index (χ3v) is 5.95. The molecule has 0 bridgehead atoms. The molecule has 8 nitrogen and oxygen atoms in total. The van der Waals surface area contributed by atoms with Gasteiger partial charge >= 0.3 is 0 Å². The van der Waals surface area contributed by atoms with E-state index in [0.717, 1.165) is 28.0 Å². The van der Waals surface area contributed by atoms with Gasteiger partial charge in [0, 0.05) is 23.0 Å². The van der Waals surface area contributed by atoms with Crippen LogP contribution < -0.4 is 14.8 Å². The van der Waals surface area contributed by atoms with Crippen molar-refractivity contribution in [1.82, 2.24) is 15.0 Å². The van der Waals surface area contributed by atoms with E-state index in [9.17, 15) is 9.90 Å². The highest BCUT2D eigenvalue weighted by molar-refractivity contribution is 6.06. The molecule has 0 aliphatic rings. The number of rotatable bonds is 6. The van der Waals surface area contributed by atoms with Crippen molar-refractivity contribution in [3.05, 3.63) is 84.1 Å². The standard InChI is InChI=1S/C28H24N4O4/c1-16-13-19(35-2)8-10-22(16)32-27(34)18-6-9-23-24(15-18)31-26(30-23)21-14-17(7-11-25(21)33)20-5-4-12-29-28(20)36-3/h4-15,33H,1-3H3,(H,30,31)(H,32,34). The summed E-state index contributed by atoms with van der Waals surface area (Å²) in [6, 6.07) is 19.7. The highest BCUT2D eigenvalue weighted by atomic mass is 16.5. The molecule has 0 fully saturated rings. The first-order valence-electron chi connectivity index (χ1n) is 11.3. The van der Waals surface area contributed by atoms with Crippen LogP contribution in [0, 0.1) is 6.92 Å². The van der Waals surface area contributed by atoms with Gasteiger partial charge in [-0.3, -0.25) is 4.79 Å². The summed E-state index contributed by atoms with van der Waals surface area (Å²) in [7, 11) is 3.17. The maximum atomic E-state index is 12.9. The molecule has 1 amide bonds. The third-order valence-electron chi connectivity index (χ3n) is 5.95. The van der Waals surface area contributed by atoms with Crippen LogP contribution in [-0.2, 0) is 0 Å². The number of phenolic OH excluding ortho intramolecular Hbond substituents is 1. The Kier molecular flexibility index (Phi) is 6.00. The van der Waals surface area contributed by atoms with Gasteiger partial charge in [0.25, 0.3) is 5.91 Å². The number of hydrogen-bond acceptors (Lipinski definition) is 6. The van der Waals surface area contributed by atoms with Crippen LogP contribution in [-0.4, -0.2) is 40.2 Å². The van der Waals surface area contributed by atoms with Crippen LogP contribution in [0.15, 0.2) is 72.9 Å². The Morgan fingerprint density at radius 1 is 0.972 bits per heavy atom. The molecule has 3 aromatic carbocycles. The smallest absolute Gasteiger partial charge is 0.255 e. The molecule has 3 N–H and O–H groups in total. The van der Waals surface area contributed by atoms with Gasteiger partial charge in [0.05, 0.1) is 30.8 Å². The number of anilines is 1. The highest BCUT2D eigenvalue weighted by Gasteiger charge is 2.15. The van der Waals surface area contributed by atoms with Gasteiger partial charge in [0.15, 0.2) is 0 Å². The van der Waals surface area contributed by atoms with Gasteiger partial charge in [-0.05, 0) is 78.7 Å². The van der Waals surface area contributed by atoms with Crippen LogP contribution >= 0.6 is 0 Å². The number of pyridine rings is 1. The molecule has 180 valence electrons. The number of amides is 1. The summed E-state index contributed by atoms with van der Waals surface area (Å²) in [5, 5.41) is 13.5. The summed E-state index contributed by atoms with van der Waals surface area (Å²) < 4.78 is 10.6. The van der Waals surface area contributed by atoms with E-state index in [2.05, 4.69) is 20.3 Å². The molecule has 0 radical (unpaired) electrons. The first-order valence-corrected chi connectivity index (χ1v) is 11.3. The molecule has 0 spiro atoms. The summed E-state index contributed by atoms with van der Waals surface area (Å²) in [5.41, 5.74) is 5.55. The van der Waals surface area contributed by atoms with E-state index >= 15 is 0 Å². The Morgan fingerprint density at radius 3 is 2.61 bits per heavy atom. The molecule has 0 saturated carbocycles. The molecule has 2 heterocycles. The number of carbonyl (C=O) groups is 1. The number of H-pyrrole nitrogens is 1. The lowest BCUT2D eigenvalue weighted by atomic mass is 10.0. The average Bonchev–Trinajstić information content (AvgIpc) is 3.33. The number of aromatic hydroxyl groups is 1. The number of hydrogen-bond donors (Lipinski definition) is 3. The maximum Gasteiger partial charge on any atom is 0.255 e. The molecule has 0 atom stereocenters. The second-order valence-electron chi connectivity index (χ2n) is 8.24. The molecule has 0 unspecified atom stereocenters. The number of phenols is 1.